The van der Waals surface area contributed by atoms with E-state index in [-0.39, 0.29) is 0 Å². The van der Waals surface area contributed by atoms with Crippen LogP contribution in [0.3, 0.4) is 0 Å². The van der Waals surface area contributed by atoms with Crippen LogP contribution < -0.4 is 18.9 Å². The quantitative estimate of drug-likeness (QED) is 0.0780. The maximum atomic E-state index is 6.58. The van der Waals surface area contributed by atoms with Gasteiger partial charge < -0.3 is 18.9 Å². The standard InChI is InChI=1S/C71H102O4/c1-42(2)54(17)38-72-66-31-46(9)62(27-50(66)13)70(63-28-51(14)67(32-47(63)10)73-39-55(18)43(3)4)60-25-21-23-58(36-60)35-59-24-22-26-61(37-59)71(64-29-52(15)68(33-48(64)11)74-40-56(19)44(5)6)65-30-53(16)69(34-49(65)12)75-41-57(20)45(7)8/h27-34,42,54,58-61,70-71H,21-26,35-41H2,1-20H3. The van der Waals surface area contributed by atoms with Gasteiger partial charge in [0.15, 0.2) is 0 Å². The Labute approximate surface area is 458 Å². The van der Waals surface area contributed by atoms with Crippen LogP contribution in [-0.4, -0.2) is 26.4 Å². The van der Waals surface area contributed by atoms with Gasteiger partial charge in [0.25, 0.3) is 0 Å². The molecule has 2 aliphatic carbocycles. The zero-order valence-corrected chi connectivity index (χ0v) is 51.1. The lowest BCUT2D eigenvalue weighted by molar-refractivity contribution is 0.167. The van der Waals surface area contributed by atoms with E-state index in [4.69, 9.17) is 18.9 Å². The summed E-state index contributed by atoms with van der Waals surface area (Å²) in [4.78, 5) is 0. The third kappa shape index (κ3) is 15.3. The second kappa shape index (κ2) is 26.6. The van der Waals surface area contributed by atoms with E-state index in [0.29, 0.717) is 67.2 Å². The summed E-state index contributed by atoms with van der Waals surface area (Å²) in [6.07, 6.45) is 11.6. The van der Waals surface area contributed by atoms with Crippen molar-refractivity contribution >= 4 is 0 Å². The van der Waals surface area contributed by atoms with Crippen molar-refractivity contribution in [3.8, 4) is 23.0 Å². The van der Waals surface area contributed by atoms with E-state index in [1.54, 1.807) is 0 Å². The molecule has 6 unspecified atom stereocenters. The largest absolute Gasteiger partial charge is 0.493 e. The topological polar surface area (TPSA) is 36.9 Å². The van der Waals surface area contributed by atoms with Crippen LogP contribution in [0.1, 0.15) is 219 Å². The Morgan fingerprint density at radius 3 is 0.973 bits per heavy atom. The molecule has 0 heterocycles. The van der Waals surface area contributed by atoms with Crippen LogP contribution in [-0.2, 0) is 0 Å². The number of aryl methyl sites for hydroxylation is 8. The third-order valence-electron chi connectivity index (χ3n) is 18.4. The molecule has 0 bridgehead atoms. The smallest absolute Gasteiger partial charge is 0.122 e. The molecule has 6 rings (SSSR count). The molecule has 0 aliphatic heterocycles. The number of hydrogen-bond donors (Lipinski definition) is 0. The zero-order chi connectivity index (χ0) is 55.0. The third-order valence-corrected chi connectivity index (χ3v) is 18.4. The molecular weight excluding hydrogens is 917 g/mol. The lowest BCUT2D eigenvalue weighted by Gasteiger charge is -2.41. The predicted molar refractivity (Wildman–Crippen MR) is 321 cm³/mol. The SMILES string of the molecule is CC(C)=C(C)COc1cc(C)c(C(c2cc(C)c(OCC(C)=C(C)C)cc2C)C2CCCC(CC3CCCC(C(c4cc(C)c(OCC(C)=C(C)C)cc4C)c4cc(C)c(OCC(C)C(C)C)cc4C)C3)C2)cc1C. The first-order valence-electron chi connectivity index (χ1n) is 29.3. The summed E-state index contributed by atoms with van der Waals surface area (Å²) in [5.74, 6) is 8.25. The highest BCUT2D eigenvalue weighted by Crippen LogP contribution is 2.51. The predicted octanol–water partition coefficient (Wildman–Crippen LogP) is 20.0. The van der Waals surface area contributed by atoms with Gasteiger partial charge in [-0.15, -0.1) is 0 Å². The van der Waals surface area contributed by atoms with E-state index >= 15 is 0 Å². The Morgan fingerprint density at radius 2 is 0.693 bits per heavy atom. The first-order chi connectivity index (χ1) is 35.4. The second-order valence-corrected chi connectivity index (χ2v) is 25.4. The molecule has 2 saturated carbocycles. The number of hydrogen-bond acceptors (Lipinski definition) is 4. The molecule has 2 fully saturated rings. The van der Waals surface area contributed by atoms with Crippen LogP contribution in [0.2, 0.25) is 0 Å². The van der Waals surface area contributed by atoms with Crippen molar-refractivity contribution < 1.29 is 18.9 Å². The molecule has 2 aliphatic rings. The normalized spacial score (nSPS) is 18.6. The van der Waals surface area contributed by atoms with Gasteiger partial charge in [0, 0.05) is 11.8 Å². The Balaban J connectivity index is 1.33. The minimum absolute atomic E-state index is 0.298. The Bertz CT molecular complexity index is 2610. The Morgan fingerprint density at radius 1 is 0.400 bits per heavy atom. The first kappa shape index (κ1) is 59.5. The molecular formula is C71H102O4. The minimum Gasteiger partial charge on any atom is -0.493 e. The molecule has 0 aromatic heterocycles. The average molecular weight is 1020 g/mol. The fourth-order valence-electron chi connectivity index (χ4n) is 12.1. The van der Waals surface area contributed by atoms with E-state index in [1.807, 2.05) is 0 Å². The highest BCUT2D eigenvalue weighted by atomic mass is 16.5. The zero-order valence-electron chi connectivity index (χ0n) is 51.1. The summed E-state index contributed by atoms with van der Waals surface area (Å²) in [5, 5.41) is 0. The maximum Gasteiger partial charge on any atom is 0.122 e. The fourth-order valence-corrected chi connectivity index (χ4v) is 12.1. The molecule has 0 radical (unpaired) electrons. The average Bonchev–Trinajstić information content (AvgIpc) is 3.35. The summed E-state index contributed by atoms with van der Waals surface area (Å²) in [7, 11) is 0. The molecule has 0 saturated heterocycles. The van der Waals surface area contributed by atoms with E-state index in [0.717, 1.165) is 29.6 Å². The molecule has 4 nitrogen and oxygen atoms in total. The van der Waals surface area contributed by atoms with Crippen LogP contribution in [0.5, 0.6) is 23.0 Å². The van der Waals surface area contributed by atoms with Gasteiger partial charge in [0.2, 0.25) is 0 Å². The van der Waals surface area contributed by atoms with Crippen LogP contribution in [0.25, 0.3) is 0 Å². The van der Waals surface area contributed by atoms with E-state index in [9.17, 15) is 0 Å². The Kier molecular flexibility index (Phi) is 21.1. The van der Waals surface area contributed by atoms with Crippen LogP contribution >= 0.6 is 0 Å². The lowest BCUT2D eigenvalue weighted by atomic mass is 9.64. The van der Waals surface area contributed by atoms with Crippen molar-refractivity contribution in [3.63, 3.8) is 0 Å². The van der Waals surface area contributed by atoms with Crippen molar-refractivity contribution in [2.75, 3.05) is 26.4 Å². The summed E-state index contributed by atoms with van der Waals surface area (Å²) in [5.41, 5.74) is 24.0. The number of ether oxygens (including phenoxy) is 4. The van der Waals surface area contributed by atoms with Crippen LogP contribution in [0, 0.1) is 90.9 Å². The molecule has 0 amide bonds. The van der Waals surface area contributed by atoms with Gasteiger partial charge >= 0.3 is 0 Å². The molecule has 75 heavy (non-hydrogen) atoms. The van der Waals surface area contributed by atoms with Crippen molar-refractivity contribution in [3.05, 3.63) is 149 Å². The highest BCUT2D eigenvalue weighted by Gasteiger charge is 2.37. The fraction of sp³-hybridized carbons (Fsp3) is 0.577. The Hall–Kier alpha value is -4.70. The molecule has 4 aromatic rings. The van der Waals surface area contributed by atoms with E-state index in [2.05, 4.69) is 187 Å². The first-order valence-corrected chi connectivity index (χ1v) is 29.3. The van der Waals surface area contributed by atoms with Crippen molar-refractivity contribution in [1.82, 2.24) is 0 Å². The van der Waals surface area contributed by atoms with E-state index in [1.165, 1.54) is 158 Å². The van der Waals surface area contributed by atoms with Gasteiger partial charge in [0.1, 0.15) is 42.8 Å². The molecule has 0 N–H and O–H groups in total. The van der Waals surface area contributed by atoms with Gasteiger partial charge in [-0.1, -0.05) is 87.4 Å². The molecule has 0 spiro atoms. The summed E-state index contributed by atoms with van der Waals surface area (Å²) in [6, 6.07) is 19.3. The molecule has 4 aromatic carbocycles. The van der Waals surface area contributed by atoms with Gasteiger partial charge in [-0.2, -0.15) is 0 Å². The number of rotatable bonds is 21. The summed E-state index contributed by atoms with van der Waals surface area (Å²) in [6.45, 7) is 47.5. The second-order valence-electron chi connectivity index (χ2n) is 25.4. The van der Waals surface area contributed by atoms with Crippen LogP contribution in [0.4, 0.5) is 0 Å². The number of benzene rings is 4. The lowest BCUT2D eigenvalue weighted by Crippen LogP contribution is -2.28. The highest BCUT2D eigenvalue weighted by molar-refractivity contribution is 5.53. The molecule has 410 valence electrons. The van der Waals surface area contributed by atoms with Gasteiger partial charge in [-0.25, -0.2) is 0 Å². The summed E-state index contributed by atoms with van der Waals surface area (Å²) >= 11 is 0. The van der Waals surface area contributed by atoms with Crippen molar-refractivity contribution in [2.24, 2.45) is 35.5 Å². The molecule has 4 heteroatoms. The summed E-state index contributed by atoms with van der Waals surface area (Å²) < 4.78 is 26.2. The monoisotopic (exact) mass is 1020 g/mol. The number of allylic oxidation sites excluding steroid dienone is 3. The maximum absolute atomic E-state index is 6.58. The van der Waals surface area contributed by atoms with E-state index < -0.39 is 0 Å². The van der Waals surface area contributed by atoms with Crippen LogP contribution in [0.15, 0.2) is 82.0 Å². The van der Waals surface area contributed by atoms with Crippen molar-refractivity contribution in [1.29, 1.82) is 0 Å². The van der Waals surface area contributed by atoms with Gasteiger partial charge in [0.05, 0.1) is 6.61 Å². The molecule has 6 atom stereocenters. The van der Waals surface area contributed by atoms with Gasteiger partial charge in [-0.05, 0) is 293 Å². The van der Waals surface area contributed by atoms with Gasteiger partial charge in [-0.3, -0.25) is 0 Å². The minimum atomic E-state index is 0.298. The van der Waals surface area contributed by atoms with Crippen molar-refractivity contribution in [2.45, 2.75) is 208 Å².